The highest BCUT2D eigenvalue weighted by molar-refractivity contribution is 7.92. The Morgan fingerprint density at radius 2 is 1.84 bits per heavy atom. The maximum atomic E-state index is 12.9. The van der Waals surface area contributed by atoms with E-state index in [2.05, 4.69) is 11.3 Å². The number of ether oxygens (including phenoxy) is 1. The number of halogens is 2. The van der Waals surface area contributed by atoms with Crippen LogP contribution in [0.25, 0.3) is 0 Å². The molecule has 0 radical (unpaired) electrons. The van der Waals surface area contributed by atoms with Gasteiger partial charge in [-0.05, 0) is 35.9 Å². The Morgan fingerprint density at radius 3 is 2.47 bits per heavy atom. The molecule has 1 saturated heterocycles. The van der Waals surface area contributed by atoms with Crippen molar-refractivity contribution in [1.82, 2.24) is 0 Å². The molecule has 0 aliphatic carbocycles. The third-order valence-electron chi connectivity index (χ3n) is 6.25. The average molecular weight is 462 g/mol. The molecular weight excluding hydrogens is 436 g/mol. The zero-order valence-corrected chi connectivity index (χ0v) is 19.0. The number of anilines is 2. The summed E-state index contributed by atoms with van der Waals surface area (Å²) in [6.07, 6.45) is 0.170. The number of rotatable bonds is 6. The van der Waals surface area contributed by atoms with Gasteiger partial charge in [-0.3, -0.25) is 4.79 Å². The van der Waals surface area contributed by atoms with E-state index >= 15 is 0 Å². The van der Waals surface area contributed by atoms with Gasteiger partial charge in [0.15, 0.2) is 15.6 Å². The first kappa shape index (κ1) is 22.5. The Balaban J connectivity index is 1.66. The summed E-state index contributed by atoms with van der Waals surface area (Å²) in [7, 11) is -3.03. The lowest BCUT2D eigenvalue weighted by atomic mass is 9.82. The van der Waals surface area contributed by atoms with E-state index in [0.29, 0.717) is 11.3 Å². The summed E-state index contributed by atoms with van der Waals surface area (Å²) in [5, 5.41) is 0. The summed E-state index contributed by atoms with van der Waals surface area (Å²) in [4.78, 5) is 14.8. The molecule has 2 aliphatic heterocycles. The van der Waals surface area contributed by atoms with Gasteiger partial charge in [0.1, 0.15) is 5.75 Å². The standard InChI is InChI=1S/C24H25F2NO4S/c1-15-23(2,3)19-10-16(21(28)12-24(4)13-32(29,30)14-24)8-9-20(19)27(15)17-6-5-7-18(11-17)31-22(25)26/h5-11,22H,1,12-14H2,2-4H3. The zero-order valence-electron chi connectivity index (χ0n) is 18.2. The Hall–Kier alpha value is -2.74. The van der Waals surface area contributed by atoms with Crippen LogP contribution in [0.5, 0.6) is 5.75 Å². The zero-order chi connectivity index (χ0) is 23.5. The van der Waals surface area contributed by atoms with Crippen LogP contribution in [0.3, 0.4) is 0 Å². The van der Waals surface area contributed by atoms with Crippen molar-refractivity contribution in [2.45, 2.75) is 39.2 Å². The van der Waals surface area contributed by atoms with E-state index in [0.717, 1.165) is 16.9 Å². The molecule has 4 rings (SSSR count). The molecule has 2 heterocycles. The lowest BCUT2D eigenvalue weighted by Crippen LogP contribution is -2.47. The summed E-state index contributed by atoms with van der Waals surface area (Å²) in [5.41, 5.74) is 2.56. The van der Waals surface area contributed by atoms with E-state index in [1.54, 1.807) is 18.2 Å². The van der Waals surface area contributed by atoms with Gasteiger partial charge in [0.2, 0.25) is 0 Å². The second-order valence-corrected chi connectivity index (χ2v) is 11.5. The topological polar surface area (TPSA) is 63.7 Å². The molecule has 5 nitrogen and oxygen atoms in total. The average Bonchev–Trinajstić information content (AvgIpc) is 2.85. The Kier molecular flexibility index (Phi) is 5.19. The van der Waals surface area contributed by atoms with Crippen LogP contribution in [0.2, 0.25) is 0 Å². The molecule has 0 aromatic heterocycles. The van der Waals surface area contributed by atoms with Crippen LogP contribution in [-0.4, -0.2) is 32.3 Å². The molecule has 8 heteroatoms. The molecule has 2 aliphatic rings. The Bertz CT molecular complexity index is 1210. The van der Waals surface area contributed by atoms with E-state index in [1.165, 1.54) is 12.1 Å². The van der Waals surface area contributed by atoms with Crippen molar-refractivity contribution in [3.63, 3.8) is 0 Å². The number of Topliss-reactive ketones (excluding diaryl/α,β-unsaturated/α-hetero) is 1. The molecule has 0 bridgehead atoms. The monoisotopic (exact) mass is 461 g/mol. The number of alkyl halides is 2. The van der Waals surface area contributed by atoms with Crippen LogP contribution < -0.4 is 9.64 Å². The number of nitrogens with zero attached hydrogens (tertiary/aromatic N) is 1. The number of sulfone groups is 1. The number of fused-ring (bicyclic) bond motifs is 1. The SMILES string of the molecule is C=C1N(c2cccc(OC(F)F)c2)c2ccc(C(=O)CC3(C)CS(=O)(=O)C3)cc2C1(C)C. The van der Waals surface area contributed by atoms with Crippen LogP contribution in [-0.2, 0) is 15.3 Å². The second-order valence-electron chi connectivity index (χ2n) is 9.46. The number of hydrogen-bond donors (Lipinski definition) is 0. The number of carbonyl (C=O) groups excluding carboxylic acids is 1. The van der Waals surface area contributed by atoms with E-state index in [9.17, 15) is 22.0 Å². The molecule has 0 amide bonds. The van der Waals surface area contributed by atoms with Crippen molar-refractivity contribution in [3.8, 4) is 5.75 Å². The van der Waals surface area contributed by atoms with Gasteiger partial charge in [-0.25, -0.2) is 8.42 Å². The first-order valence-electron chi connectivity index (χ1n) is 10.2. The van der Waals surface area contributed by atoms with Crippen molar-refractivity contribution >= 4 is 27.0 Å². The van der Waals surface area contributed by atoms with Crippen LogP contribution >= 0.6 is 0 Å². The number of hydrogen-bond acceptors (Lipinski definition) is 5. The van der Waals surface area contributed by atoms with Gasteiger partial charge < -0.3 is 9.64 Å². The number of ketones is 1. The van der Waals surface area contributed by atoms with Gasteiger partial charge >= 0.3 is 6.61 Å². The molecule has 170 valence electrons. The minimum atomic E-state index is -3.03. The van der Waals surface area contributed by atoms with Crippen LogP contribution in [0.15, 0.2) is 54.7 Å². The van der Waals surface area contributed by atoms with E-state index < -0.39 is 27.3 Å². The maximum absolute atomic E-state index is 12.9. The highest BCUT2D eigenvalue weighted by Crippen LogP contribution is 2.51. The van der Waals surface area contributed by atoms with E-state index in [1.807, 2.05) is 37.8 Å². The third-order valence-corrected chi connectivity index (χ3v) is 8.52. The van der Waals surface area contributed by atoms with Crippen LogP contribution in [0.4, 0.5) is 20.2 Å². The molecule has 0 N–H and O–H groups in total. The maximum Gasteiger partial charge on any atom is 0.387 e. The number of allylic oxidation sites excluding steroid dienone is 1. The molecule has 2 aromatic rings. The Morgan fingerprint density at radius 1 is 1.16 bits per heavy atom. The van der Waals surface area contributed by atoms with Crippen LogP contribution in [0.1, 0.15) is 43.1 Å². The molecule has 32 heavy (non-hydrogen) atoms. The lowest BCUT2D eigenvalue weighted by Gasteiger charge is -2.37. The lowest BCUT2D eigenvalue weighted by molar-refractivity contribution is -0.0498. The first-order chi connectivity index (χ1) is 14.8. The van der Waals surface area contributed by atoms with Gasteiger partial charge in [-0.15, -0.1) is 0 Å². The molecular formula is C24H25F2NO4S. The fourth-order valence-electron chi connectivity index (χ4n) is 4.69. The predicted molar refractivity (Wildman–Crippen MR) is 120 cm³/mol. The van der Waals surface area contributed by atoms with E-state index in [4.69, 9.17) is 0 Å². The molecule has 1 fully saturated rings. The van der Waals surface area contributed by atoms with Gasteiger partial charge in [-0.2, -0.15) is 8.78 Å². The largest absolute Gasteiger partial charge is 0.435 e. The smallest absolute Gasteiger partial charge is 0.387 e. The van der Waals surface area contributed by atoms with Gasteiger partial charge in [-0.1, -0.05) is 33.4 Å². The predicted octanol–water partition coefficient (Wildman–Crippen LogP) is 5.24. The molecule has 0 saturated carbocycles. The minimum Gasteiger partial charge on any atom is -0.435 e. The Labute approximate surface area is 186 Å². The minimum absolute atomic E-state index is 0.0315. The van der Waals surface area contributed by atoms with Crippen molar-refractivity contribution in [1.29, 1.82) is 0 Å². The number of benzene rings is 2. The molecule has 2 aromatic carbocycles. The summed E-state index contributed by atoms with van der Waals surface area (Å²) >= 11 is 0. The summed E-state index contributed by atoms with van der Waals surface area (Å²) in [5.74, 6) is 0.0116. The molecule has 0 spiro atoms. The van der Waals surface area contributed by atoms with Crippen molar-refractivity contribution in [2.24, 2.45) is 5.41 Å². The van der Waals surface area contributed by atoms with E-state index in [-0.39, 0.29) is 29.5 Å². The summed E-state index contributed by atoms with van der Waals surface area (Å²) < 4.78 is 53.0. The van der Waals surface area contributed by atoms with Crippen molar-refractivity contribution in [3.05, 3.63) is 65.9 Å². The third kappa shape index (κ3) is 3.92. The summed E-state index contributed by atoms with van der Waals surface area (Å²) in [6, 6.07) is 11.8. The summed E-state index contributed by atoms with van der Waals surface area (Å²) in [6.45, 7) is 7.10. The van der Waals surface area contributed by atoms with Gasteiger partial charge in [0.05, 0.1) is 11.5 Å². The first-order valence-corrected chi connectivity index (χ1v) is 12.1. The van der Waals surface area contributed by atoms with Gasteiger partial charge in [0, 0.05) is 46.0 Å². The van der Waals surface area contributed by atoms with Crippen LogP contribution in [0, 0.1) is 5.41 Å². The van der Waals surface area contributed by atoms with Crippen molar-refractivity contribution < 1.29 is 26.7 Å². The van der Waals surface area contributed by atoms with Crippen molar-refractivity contribution in [2.75, 3.05) is 16.4 Å². The highest BCUT2D eigenvalue weighted by Gasteiger charge is 2.46. The highest BCUT2D eigenvalue weighted by atomic mass is 32.2. The second kappa shape index (κ2) is 7.40. The fourth-order valence-corrected chi connectivity index (χ4v) is 6.93. The molecule has 0 atom stereocenters. The molecule has 0 unspecified atom stereocenters. The quantitative estimate of drug-likeness (QED) is 0.551. The van der Waals surface area contributed by atoms with Gasteiger partial charge in [0.25, 0.3) is 0 Å². The number of carbonyl (C=O) groups is 1. The normalized spacial score (nSPS) is 20.1. The fraction of sp³-hybridized carbons (Fsp3) is 0.375.